The number of nitrogens with zero attached hydrogens (tertiary/aromatic N) is 2. The number of ether oxygens (including phenoxy) is 1. The monoisotopic (exact) mass is 436 g/mol. The number of halogens is 1. The molecule has 156 valence electrons. The molecule has 1 aliphatic heterocycles. The van der Waals surface area contributed by atoms with Crippen molar-refractivity contribution in [3.05, 3.63) is 85.9 Å². The van der Waals surface area contributed by atoms with Crippen LogP contribution in [-0.2, 0) is 0 Å². The number of aromatic nitrogens is 1. The van der Waals surface area contributed by atoms with Crippen LogP contribution in [-0.4, -0.2) is 18.2 Å². The van der Waals surface area contributed by atoms with Gasteiger partial charge in [0.15, 0.2) is 11.2 Å². The normalized spacial score (nSPS) is 15.5. The van der Waals surface area contributed by atoms with E-state index in [1.165, 1.54) is 4.90 Å². The van der Waals surface area contributed by atoms with E-state index in [-0.39, 0.29) is 16.8 Å². The average molecular weight is 437 g/mol. The van der Waals surface area contributed by atoms with Crippen LogP contribution >= 0.6 is 11.6 Å². The topological polar surface area (TPSA) is 85.8 Å². The van der Waals surface area contributed by atoms with Gasteiger partial charge in [0.25, 0.3) is 5.91 Å². The van der Waals surface area contributed by atoms with Gasteiger partial charge in [-0.25, -0.2) is 0 Å². The highest BCUT2D eigenvalue weighted by molar-refractivity contribution is 6.32. The zero-order valence-electron chi connectivity index (χ0n) is 16.9. The molecule has 0 radical (unpaired) electrons. The molecule has 0 bridgehead atoms. The van der Waals surface area contributed by atoms with Crippen molar-refractivity contribution in [2.24, 2.45) is 0 Å². The molecule has 4 aromatic rings. The number of methoxy groups -OCH3 is 1. The number of rotatable bonds is 3. The van der Waals surface area contributed by atoms with Crippen LogP contribution in [0.1, 0.15) is 39.0 Å². The van der Waals surface area contributed by atoms with Crippen molar-refractivity contribution in [3.8, 4) is 5.75 Å². The van der Waals surface area contributed by atoms with E-state index in [9.17, 15) is 9.59 Å². The minimum atomic E-state index is -0.761. The molecule has 0 N–H and O–H groups in total. The first-order valence-electron chi connectivity index (χ1n) is 9.56. The van der Waals surface area contributed by atoms with Crippen LogP contribution in [0.2, 0.25) is 5.02 Å². The molecule has 5 rings (SSSR count). The molecule has 1 atom stereocenters. The summed E-state index contributed by atoms with van der Waals surface area (Å²) in [6.45, 7) is 3.54. The fourth-order valence-corrected chi connectivity index (χ4v) is 4.09. The average Bonchev–Trinajstić information content (AvgIpc) is 3.31. The molecule has 0 aliphatic carbocycles. The van der Waals surface area contributed by atoms with Crippen molar-refractivity contribution < 1.29 is 18.5 Å². The van der Waals surface area contributed by atoms with Crippen molar-refractivity contribution in [2.75, 3.05) is 12.0 Å². The molecule has 8 heteroatoms. The lowest BCUT2D eigenvalue weighted by molar-refractivity contribution is 0.0969. The second-order valence-corrected chi connectivity index (χ2v) is 7.83. The number of hydrogen-bond acceptors (Lipinski definition) is 6. The number of carbonyl (C=O) groups excluding carboxylic acids is 1. The van der Waals surface area contributed by atoms with Crippen molar-refractivity contribution in [1.82, 2.24) is 5.16 Å². The molecule has 0 spiro atoms. The molecule has 0 saturated carbocycles. The van der Waals surface area contributed by atoms with Gasteiger partial charge in [-0.3, -0.25) is 14.5 Å². The third-order valence-corrected chi connectivity index (χ3v) is 5.83. The van der Waals surface area contributed by atoms with Gasteiger partial charge >= 0.3 is 0 Å². The van der Waals surface area contributed by atoms with Gasteiger partial charge < -0.3 is 13.7 Å². The van der Waals surface area contributed by atoms with Crippen LogP contribution in [0.15, 0.2) is 56.2 Å². The van der Waals surface area contributed by atoms with Crippen LogP contribution < -0.4 is 15.1 Å². The highest BCUT2D eigenvalue weighted by Gasteiger charge is 2.45. The van der Waals surface area contributed by atoms with Crippen LogP contribution in [0.5, 0.6) is 5.75 Å². The van der Waals surface area contributed by atoms with E-state index in [0.29, 0.717) is 38.9 Å². The maximum absolute atomic E-state index is 13.6. The molecule has 2 aromatic heterocycles. The minimum Gasteiger partial charge on any atom is -0.497 e. The highest BCUT2D eigenvalue weighted by atomic mass is 35.5. The number of anilines is 1. The largest absolute Gasteiger partial charge is 0.497 e. The quantitative estimate of drug-likeness (QED) is 0.458. The zero-order chi connectivity index (χ0) is 21.9. The predicted octanol–water partition coefficient (Wildman–Crippen LogP) is 4.81. The molecule has 0 saturated heterocycles. The molecule has 0 unspecified atom stereocenters. The molecule has 1 aliphatic rings. The second-order valence-electron chi connectivity index (χ2n) is 7.42. The van der Waals surface area contributed by atoms with Gasteiger partial charge in [-0.15, -0.1) is 0 Å². The van der Waals surface area contributed by atoms with Crippen molar-refractivity contribution >= 4 is 34.3 Å². The van der Waals surface area contributed by atoms with E-state index in [4.69, 9.17) is 25.3 Å². The Morgan fingerprint density at radius 2 is 1.94 bits per heavy atom. The second kappa shape index (κ2) is 6.99. The predicted molar refractivity (Wildman–Crippen MR) is 115 cm³/mol. The Labute approximate surface area is 181 Å². The molecular weight excluding hydrogens is 420 g/mol. The molecule has 3 heterocycles. The lowest BCUT2D eigenvalue weighted by atomic mass is 9.98. The molecular formula is C23H17ClN2O5. The lowest BCUT2D eigenvalue weighted by Gasteiger charge is -2.22. The smallest absolute Gasteiger partial charge is 0.296 e. The number of benzene rings is 2. The Morgan fingerprint density at radius 1 is 1.13 bits per heavy atom. The summed E-state index contributed by atoms with van der Waals surface area (Å²) in [7, 11) is 1.55. The summed E-state index contributed by atoms with van der Waals surface area (Å²) >= 11 is 6.26. The first-order chi connectivity index (χ1) is 14.9. The third kappa shape index (κ3) is 2.92. The van der Waals surface area contributed by atoms with Crippen molar-refractivity contribution in [3.63, 3.8) is 0 Å². The molecule has 31 heavy (non-hydrogen) atoms. The summed E-state index contributed by atoms with van der Waals surface area (Å²) in [6, 6.07) is 11.3. The Hall–Kier alpha value is -3.58. The van der Waals surface area contributed by atoms with Crippen LogP contribution in [0.25, 0.3) is 11.0 Å². The van der Waals surface area contributed by atoms with E-state index < -0.39 is 11.9 Å². The first kappa shape index (κ1) is 19.4. The fraction of sp³-hybridized carbons (Fsp3) is 0.174. The van der Waals surface area contributed by atoms with E-state index in [1.54, 1.807) is 57.4 Å². The third-order valence-electron chi connectivity index (χ3n) is 5.42. The number of amides is 1. The minimum absolute atomic E-state index is 0.0207. The van der Waals surface area contributed by atoms with Crippen molar-refractivity contribution in [1.29, 1.82) is 0 Å². The number of aryl methyl sites for hydroxylation is 2. The van der Waals surface area contributed by atoms with E-state index in [1.807, 2.05) is 6.07 Å². The van der Waals surface area contributed by atoms with Gasteiger partial charge in [0.1, 0.15) is 17.1 Å². The van der Waals surface area contributed by atoms with Gasteiger partial charge in [0, 0.05) is 11.1 Å². The summed E-state index contributed by atoms with van der Waals surface area (Å²) in [6.07, 6.45) is 0. The van der Waals surface area contributed by atoms with Crippen LogP contribution in [0.3, 0.4) is 0 Å². The first-order valence-corrected chi connectivity index (χ1v) is 9.94. The summed E-state index contributed by atoms with van der Waals surface area (Å²) in [4.78, 5) is 28.4. The molecule has 7 nitrogen and oxygen atoms in total. The maximum Gasteiger partial charge on any atom is 0.296 e. The van der Waals surface area contributed by atoms with E-state index in [0.717, 1.165) is 5.56 Å². The Kier molecular flexibility index (Phi) is 4.37. The fourth-order valence-electron chi connectivity index (χ4n) is 3.92. The standard InChI is InChI=1S/C23H17ClN2O5/c1-11-7-17-15(10-16(11)24)21(27)19-20(13-5-4-6-14(9-13)29-3)26(23(28)22(19)30-17)18-8-12(2)31-25-18/h4-10,20H,1-3H3/t20-/m0/s1. The Morgan fingerprint density at radius 3 is 2.65 bits per heavy atom. The van der Waals surface area contributed by atoms with Crippen molar-refractivity contribution in [2.45, 2.75) is 19.9 Å². The molecule has 1 amide bonds. The Bertz CT molecular complexity index is 1420. The van der Waals surface area contributed by atoms with Gasteiger partial charge in [-0.05, 0) is 49.2 Å². The van der Waals surface area contributed by atoms with E-state index in [2.05, 4.69) is 5.16 Å². The van der Waals surface area contributed by atoms with Gasteiger partial charge in [-0.2, -0.15) is 0 Å². The zero-order valence-corrected chi connectivity index (χ0v) is 17.7. The summed E-state index contributed by atoms with van der Waals surface area (Å²) in [5, 5.41) is 4.77. The van der Waals surface area contributed by atoms with Crippen LogP contribution in [0.4, 0.5) is 5.82 Å². The lowest BCUT2D eigenvalue weighted by Crippen LogP contribution is -2.29. The van der Waals surface area contributed by atoms with E-state index >= 15 is 0 Å². The summed E-state index contributed by atoms with van der Waals surface area (Å²) in [5.41, 5.74) is 1.64. The molecule has 2 aromatic carbocycles. The number of fused-ring (bicyclic) bond motifs is 2. The Balaban J connectivity index is 1.83. The van der Waals surface area contributed by atoms with Gasteiger partial charge in [0.05, 0.1) is 24.1 Å². The number of hydrogen-bond donors (Lipinski definition) is 0. The van der Waals surface area contributed by atoms with Gasteiger partial charge in [-0.1, -0.05) is 28.9 Å². The summed E-state index contributed by atoms with van der Waals surface area (Å²) in [5.74, 6) is 0.934. The maximum atomic E-state index is 13.6. The van der Waals surface area contributed by atoms with Gasteiger partial charge in [0.2, 0.25) is 5.76 Å². The number of carbonyl (C=O) groups is 1. The SMILES string of the molecule is COc1cccc([C@H]2c3c(oc4cc(C)c(Cl)cc4c3=O)C(=O)N2c2cc(C)on2)c1. The summed E-state index contributed by atoms with van der Waals surface area (Å²) < 4.78 is 16.5. The highest BCUT2D eigenvalue weighted by Crippen LogP contribution is 2.41. The molecule has 0 fully saturated rings. The van der Waals surface area contributed by atoms with Crippen LogP contribution in [0, 0.1) is 13.8 Å².